The number of aliphatic hydroxyl groups excluding tert-OH is 1. The Hall–Kier alpha value is -2.53. The van der Waals surface area contributed by atoms with Gasteiger partial charge in [-0.15, -0.1) is 0 Å². The molecule has 2 aromatic rings. The van der Waals surface area contributed by atoms with Gasteiger partial charge in [0, 0.05) is 12.5 Å². The van der Waals surface area contributed by atoms with Crippen LogP contribution in [0.2, 0.25) is 0 Å². The summed E-state index contributed by atoms with van der Waals surface area (Å²) in [5, 5.41) is 12.7. The number of aliphatic hydroxyl groups is 1. The molecule has 0 bridgehead atoms. The molecule has 0 aliphatic carbocycles. The van der Waals surface area contributed by atoms with Crippen molar-refractivity contribution in [3.8, 4) is 11.5 Å². The second-order valence-corrected chi connectivity index (χ2v) is 6.75. The van der Waals surface area contributed by atoms with E-state index in [1.807, 2.05) is 55.5 Å². The maximum atomic E-state index is 12.2. The maximum absolute atomic E-state index is 12.2. The van der Waals surface area contributed by atoms with E-state index in [1.165, 1.54) is 0 Å². The van der Waals surface area contributed by atoms with E-state index in [2.05, 4.69) is 5.32 Å². The van der Waals surface area contributed by atoms with Gasteiger partial charge in [0.15, 0.2) is 11.5 Å². The van der Waals surface area contributed by atoms with Crippen LogP contribution >= 0.6 is 0 Å². The van der Waals surface area contributed by atoms with Crippen LogP contribution in [0.1, 0.15) is 36.8 Å². The zero-order chi connectivity index (χ0) is 19.6. The van der Waals surface area contributed by atoms with Gasteiger partial charge in [0.25, 0.3) is 0 Å². The Morgan fingerprint density at radius 2 is 1.89 bits per heavy atom. The third kappa shape index (κ3) is 6.94. The molecule has 0 heterocycles. The van der Waals surface area contributed by atoms with Crippen molar-refractivity contribution in [3.05, 3.63) is 59.7 Å². The molecule has 2 N–H and O–H groups in total. The number of ether oxygens (including phenoxy) is 2. The quantitative estimate of drug-likeness (QED) is 0.671. The second kappa shape index (κ2) is 10.6. The van der Waals surface area contributed by atoms with Gasteiger partial charge in [-0.05, 0) is 43.5 Å². The highest BCUT2D eigenvalue weighted by Crippen LogP contribution is 2.27. The van der Waals surface area contributed by atoms with E-state index in [0.717, 1.165) is 11.1 Å². The third-order valence-corrected chi connectivity index (χ3v) is 4.35. The minimum atomic E-state index is -0.426. The third-order valence-electron chi connectivity index (χ3n) is 4.35. The fraction of sp³-hybridized carbons (Fsp3) is 0.409. The largest absolute Gasteiger partial charge is 0.493 e. The van der Waals surface area contributed by atoms with Crippen LogP contribution < -0.4 is 14.8 Å². The predicted molar refractivity (Wildman–Crippen MR) is 106 cm³/mol. The molecule has 2 rings (SSSR count). The highest BCUT2D eigenvalue weighted by molar-refractivity contribution is 5.76. The van der Waals surface area contributed by atoms with Gasteiger partial charge >= 0.3 is 0 Å². The van der Waals surface area contributed by atoms with Crippen LogP contribution in [0.25, 0.3) is 0 Å². The molecule has 5 nitrogen and oxygen atoms in total. The van der Waals surface area contributed by atoms with Crippen molar-refractivity contribution >= 4 is 5.91 Å². The number of amides is 1. The van der Waals surface area contributed by atoms with Gasteiger partial charge < -0.3 is 19.9 Å². The average Bonchev–Trinajstić information content (AvgIpc) is 2.66. The number of carbonyl (C=O) groups is 1. The Labute approximate surface area is 161 Å². The van der Waals surface area contributed by atoms with Gasteiger partial charge in [-0.25, -0.2) is 0 Å². The van der Waals surface area contributed by atoms with Crippen LogP contribution in [0.15, 0.2) is 48.5 Å². The molecule has 0 radical (unpaired) electrons. The summed E-state index contributed by atoms with van der Waals surface area (Å²) in [7, 11) is 1.60. The molecule has 5 heteroatoms. The minimum Gasteiger partial charge on any atom is -0.493 e. The topological polar surface area (TPSA) is 67.8 Å². The lowest BCUT2D eigenvalue weighted by Crippen LogP contribution is -2.30. The summed E-state index contributed by atoms with van der Waals surface area (Å²) >= 11 is 0. The standard InChI is InChI=1S/C22H29NO4/c1-16-9-10-20(21(13-16)26-3)27-12-11-22(25)23-15-19(14-17(2)24)18-7-5-4-6-8-18/h4-10,13,17,19,24H,11-12,14-15H2,1-3H3,(H,23,25)/t17-,19-/m1/s1. The van der Waals surface area contributed by atoms with Gasteiger partial charge in [0.1, 0.15) is 0 Å². The summed E-state index contributed by atoms with van der Waals surface area (Å²) in [6.45, 7) is 4.51. The number of hydrogen-bond donors (Lipinski definition) is 2. The first-order chi connectivity index (χ1) is 13.0. The molecule has 0 fully saturated rings. The van der Waals surface area contributed by atoms with Crippen LogP contribution in [0.5, 0.6) is 11.5 Å². The highest BCUT2D eigenvalue weighted by Gasteiger charge is 2.15. The number of aryl methyl sites for hydroxylation is 1. The molecule has 0 unspecified atom stereocenters. The average molecular weight is 371 g/mol. The van der Waals surface area contributed by atoms with E-state index >= 15 is 0 Å². The minimum absolute atomic E-state index is 0.0763. The molecule has 1 amide bonds. The van der Waals surface area contributed by atoms with Gasteiger partial charge in [-0.2, -0.15) is 0 Å². The van der Waals surface area contributed by atoms with Crippen molar-refractivity contribution in [2.75, 3.05) is 20.3 Å². The maximum Gasteiger partial charge on any atom is 0.223 e. The lowest BCUT2D eigenvalue weighted by molar-refractivity contribution is -0.121. The Bertz CT molecular complexity index is 716. The molecule has 0 spiro atoms. The van der Waals surface area contributed by atoms with E-state index in [4.69, 9.17) is 9.47 Å². The SMILES string of the molecule is COc1cc(C)ccc1OCCC(=O)NC[C@@H](C[C@@H](C)O)c1ccccc1. The van der Waals surface area contributed by atoms with Crippen LogP contribution in [-0.2, 0) is 4.79 Å². The molecule has 0 aliphatic heterocycles. The molecule has 0 saturated carbocycles. The molecular formula is C22H29NO4. The first kappa shape index (κ1) is 20.8. The molecule has 146 valence electrons. The number of methoxy groups -OCH3 is 1. The Morgan fingerprint density at radius 1 is 1.15 bits per heavy atom. The Morgan fingerprint density at radius 3 is 2.56 bits per heavy atom. The first-order valence-electron chi connectivity index (χ1n) is 9.26. The predicted octanol–water partition coefficient (Wildman–Crippen LogP) is 3.44. The van der Waals surface area contributed by atoms with E-state index in [-0.39, 0.29) is 24.9 Å². The van der Waals surface area contributed by atoms with Crippen molar-refractivity contribution in [2.45, 2.75) is 38.7 Å². The van der Waals surface area contributed by atoms with E-state index in [0.29, 0.717) is 24.5 Å². The Kier molecular flexibility index (Phi) is 8.14. The Balaban J connectivity index is 1.82. The zero-order valence-corrected chi connectivity index (χ0v) is 16.3. The summed E-state index contributed by atoms with van der Waals surface area (Å²) in [6, 6.07) is 15.6. The van der Waals surface area contributed by atoms with Gasteiger partial charge in [-0.3, -0.25) is 4.79 Å². The molecule has 0 aliphatic rings. The summed E-state index contributed by atoms with van der Waals surface area (Å²) in [5.74, 6) is 1.30. The summed E-state index contributed by atoms with van der Waals surface area (Å²) in [5.41, 5.74) is 2.20. The zero-order valence-electron chi connectivity index (χ0n) is 16.3. The van der Waals surface area contributed by atoms with Gasteiger partial charge in [-0.1, -0.05) is 36.4 Å². The monoisotopic (exact) mass is 371 g/mol. The molecule has 2 aromatic carbocycles. The highest BCUT2D eigenvalue weighted by atomic mass is 16.5. The smallest absolute Gasteiger partial charge is 0.223 e. The van der Waals surface area contributed by atoms with Crippen LogP contribution in [0.4, 0.5) is 0 Å². The fourth-order valence-electron chi connectivity index (χ4n) is 2.95. The van der Waals surface area contributed by atoms with Crippen LogP contribution in [0, 0.1) is 6.92 Å². The van der Waals surface area contributed by atoms with Crippen molar-refractivity contribution < 1.29 is 19.4 Å². The first-order valence-corrected chi connectivity index (χ1v) is 9.26. The number of nitrogens with one attached hydrogen (secondary N) is 1. The lowest BCUT2D eigenvalue weighted by Gasteiger charge is -2.19. The summed E-state index contributed by atoms with van der Waals surface area (Å²) in [4.78, 5) is 12.2. The molecular weight excluding hydrogens is 342 g/mol. The second-order valence-electron chi connectivity index (χ2n) is 6.75. The number of benzene rings is 2. The number of hydrogen-bond acceptors (Lipinski definition) is 4. The fourth-order valence-corrected chi connectivity index (χ4v) is 2.95. The molecule has 2 atom stereocenters. The van der Waals surface area contributed by atoms with Gasteiger partial charge in [0.2, 0.25) is 5.91 Å². The van der Waals surface area contributed by atoms with Crippen molar-refractivity contribution in [3.63, 3.8) is 0 Å². The molecule has 27 heavy (non-hydrogen) atoms. The normalized spacial score (nSPS) is 12.9. The molecule has 0 saturated heterocycles. The number of carbonyl (C=O) groups excluding carboxylic acids is 1. The van der Waals surface area contributed by atoms with E-state index in [1.54, 1.807) is 14.0 Å². The molecule has 0 aromatic heterocycles. The van der Waals surface area contributed by atoms with E-state index in [9.17, 15) is 9.90 Å². The van der Waals surface area contributed by atoms with Crippen molar-refractivity contribution in [1.29, 1.82) is 0 Å². The summed E-state index contributed by atoms with van der Waals surface area (Å²) in [6.07, 6.45) is 0.429. The van der Waals surface area contributed by atoms with Crippen molar-refractivity contribution in [1.82, 2.24) is 5.32 Å². The van der Waals surface area contributed by atoms with Crippen molar-refractivity contribution in [2.24, 2.45) is 0 Å². The van der Waals surface area contributed by atoms with Gasteiger partial charge in [0.05, 0.1) is 26.2 Å². The van der Waals surface area contributed by atoms with Crippen LogP contribution in [0.3, 0.4) is 0 Å². The van der Waals surface area contributed by atoms with E-state index < -0.39 is 6.10 Å². The summed E-state index contributed by atoms with van der Waals surface area (Å²) < 4.78 is 11.0. The van der Waals surface area contributed by atoms with Crippen LogP contribution in [-0.4, -0.2) is 37.4 Å². The number of rotatable bonds is 10. The lowest BCUT2D eigenvalue weighted by atomic mass is 9.93.